The molecule has 5 rings (SSSR count). The largest absolute Gasteiger partial charge is 0.496 e. The Bertz CT molecular complexity index is 995. The third kappa shape index (κ3) is 4.81. The molecule has 2 bridgehead atoms. The molecule has 5 unspecified atom stereocenters. The van der Waals surface area contributed by atoms with Gasteiger partial charge in [-0.05, 0) is 75.8 Å². The van der Waals surface area contributed by atoms with Crippen molar-refractivity contribution in [2.24, 2.45) is 17.3 Å². The number of hydrogen-bond acceptors (Lipinski definition) is 6. The molecule has 3 aliphatic carbocycles. The number of ether oxygens (including phenoxy) is 2. The van der Waals surface area contributed by atoms with E-state index in [4.69, 9.17) is 30.4 Å². The smallest absolute Gasteiger partial charge is 0.482 e. The molecule has 0 aromatic heterocycles. The number of methoxy groups -OCH3 is 1. The first-order valence-electron chi connectivity index (χ1n) is 12.4. The first-order chi connectivity index (χ1) is 16.3. The molecule has 3 saturated carbocycles. The van der Waals surface area contributed by atoms with Crippen molar-refractivity contribution in [3.63, 3.8) is 0 Å². The summed E-state index contributed by atoms with van der Waals surface area (Å²) in [5.74, 6) is -0.0186. The number of carbonyl (C=O) groups is 2. The second-order valence-corrected chi connectivity index (χ2v) is 12.1. The van der Waals surface area contributed by atoms with Crippen LogP contribution in [0.1, 0.15) is 70.3 Å². The highest BCUT2D eigenvalue weighted by Gasteiger charge is 2.68. The predicted molar refractivity (Wildman–Crippen MR) is 135 cm³/mol. The SMILES string of the molecule is COc1c(CC(NC(=O)CCl)B2OC3CC4CC(C4(C)C)C3(C)O2)cccc1C(=O)OC(C)(C)C. The number of hydrogen-bond donors (Lipinski definition) is 1. The van der Waals surface area contributed by atoms with Crippen molar-refractivity contribution >= 4 is 30.6 Å². The molecule has 0 radical (unpaired) electrons. The number of rotatable bonds is 7. The van der Waals surface area contributed by atoms with Gasteiger partial charge in [-0.1, -0.05) is 26.0 Å². The molecule has 5 atom stereocenters. The average molecular weight is 506 g/mol. The highest BCUT2D eigenvalue weighted by molar-refractivity contribution is 6.48. The van der Waals surface area contributed by atoms with Gasteiger partial charge in [-0.3, -0.25) is 4.79 Å². The third-order valence-electron chi connectivity index (χ3n) is 8.12. The predicted octanol–water partition coefficient (Wildman–Crippen LogP) is 4.18. The van der Waals surface area contributed by atoms with E-state index in [2.05, 4.69) is 26.1 Å². The van der Waals surface area contributed by atoms with Gasteiger partial charge in [0.25, 0.3) is 0 Å². The van der Waals surface area contributed by atoms with Crippen LogP contribution in [0.5, 0.6) is 5.75 Å². The van der Waals surface area contributed by atoms with E-state index in [1.165, 1.54) is 7.11 Å². The summed E-state index contributed by atoms with van der Waals surface area (Å²) in [5, 5.41) is 2.98. The highest BCUT2D eigenvalue weighted by atomic mass is 35.5. The average Bonchev–Trinajstić information content (AvgIpc) is 3.14. The molecule has 1 aromatic rings. The summed E-state index contributed by atoms with van der Waals surface area (Å²) in [7, 11) is 0.884. The lowest BCUT2D eigenvalue weighted by Gasteiger charge is -2.64. The number of nitrogens with one attached hydrogen (secondary N) is 1. The van der Waals surface area contributed by atoms with Crippen LogP contribution in [0.15, 0.2) is 18.2 Å². The highest BCUT2D eigenvalue weighted by Crippen LogP contribution is 2.65. The summed E-state index contributed by atoms with van der Waals surface area (Å²) < 4.78 is 24.3. The minimum Gasteiger partial charge on any atom is -0.496 e. The minimum absolute atomic E-state index is 0.0188. The van der Waals surface area contributed by atoms with Gasteiger partial charge in [0, 0.05) is 0 Å². The van der Waals surface area contributed by atoms with Crippen molar-refractivity contribution < 1.29 is 28.4 Å². The molecular formula is C26H37BClNO6. The number of halogens is 1. The molecule has 0 spiro atoms. The first-order valence-corrected chi connectivity index (χ1v) is 12.9. The standard InChI is InChI=1S/C26H37BClNO6/c1-24(2,3)33-23(31)17-10-8-9-15(22(17)32-7)11-20(29-21(30)14-28)27-34-19-13-16-12-18(25(16,4)5)26(19,6)35-27/h8-10,16,18-20H,11-14H2,1-7H3,(H,29,30). The van der Waals surface area contributed by atoms with Crippen LogP contribution < -0.4 is 10.1 Å². The zero-order valence-corrected chi connectivity index (χ0v) is 22.5. The van der Waals surface area contributed by atoms with Gasteiger partial charge in [0.15, 0.2) is 0 Å². The van der Waals surface area contributed by atoms with Gasteiger partial charge in [-0.25, -0.2) is 4.79 Å². The lowest BCUT2D eigenvalue weighted by molar-refractivity contribution is -0.199. The minimum atomic E-state index is -0.638. The zero-order valence-electron chi connectivity index (χ0n) is 21.8. The van der Waals surface area contributed by atoms with Gasteiger partial charge in [-0.2, -0.15) is 0 Å². The Labute approximate surface area is 213 Å². The summed E-state index contributed by atoms with van der Waals surface area (Å²) in [6.45, 7) is 12.2. The van der Waals surface area contributed by atoms with Crippen LogP contribution in [-0.2, 0) is 25.3 Å². The molecule has 9 heteroatoms. The van der Waals surface area contributed by atoms with E-state index in [1.54, 1.807) is 12.1 Å². The second kappa shape index (κ2) is 9.27. The summed E-state index contributed by atoms with van der Waals surface area (Å²) in [6, 6.07) is 5.33. The molecule has 4 fully saturated rings. The van der Waals surface area contributed by atoms with Crippen molar-refractivity contribution in [1.29, 1.82) is 0 Å². The lowest BCUT2D eigenvalue weighted by Crippen LogP contribution is -2.65. The summed E-state index contributed by atoms with van der Waals surface area (Å²) in [6.07, 6.45) is 2.41. The fraction of sp³-hybridized carbons (Fsp3) is 0.692. The number of carbonyl (C=O) groups excluding carboxylic acids is 2. The van der Waals surface area contributed by atoms with Crippen molar-refractivity contribution in [1.82, 2.24) is 5.32 Å². The van der Waals surface area contributed by atoms with Crippen molar-refractivity contribution in [2.75, 3.05) is 13.0 Å². The third-order valence-corrected chi connectivity index (χ3v) is 8.37. The molecule has 7 nitrogen and oxygen atoms in total. The summed E-state index contributed by atoms with van der Waals surface area (Å²) in [5.41, 5.74) is 0.241. The lowest BCUT2D eigenvalue weighted by atomic mass is 9.43. The zero-order chi connectivity index (χ0) is 25.8. The Balaban J connectivity index is 1.60. The molecule has 1 N–H and O–H groups in total. The summed E-state index contributed by atoms with van der Waals surface area (Å²) >= 11 is 5.83. The fourth-order valence-corrected chi connectivity index (χ4v) is 6.33. The van der Waals surface area contributed by atoms with Crippen LogP contribution in [0.3, 0.4) is 0 Å². The fourth-order valence-electron chi connectivity index (χ4n) is 6.25. The van der Waals surface area contributed by atoms with Gasteiger partial charge in [0.05, 0.1) is 24.8 Å². The van der Waals surface area contributed by atoms with Gasteiger partial charge >= 0.3 is 13.1 Å². The topological polar surface area (TPSA) is 83.1 Å². The normalized spacial score (nSPS) is 29.6. The van der Waals surface area contributed by atoms with Gasteiger partial charge in [-0.15, -0.1) is 11.6 Å². The number of amides is 1. The van der Waals surface area contributed by atoms with Crippen LogP contribution in [-0.4, -0.2) is 55.2 Å². The Morgan fingerprint density at radius 1 is 1.26 bits per heavy atom. The van der Waals surface area contributed by atoms with Crippen molar-refractivity contribution in [3.8, 4) is 5.75 Å². The van der Waals surface area contributed by atoms with Crippen LogP contribution in [0.25, 0.3) is 0 Å². The summed E-state index contributed by atoms with van der Waals surface area (Å²) in [4.78, 5) is 25.2. The molecule has 1 aromatic carbocycles. The Morgan fingerprint density at radius 2 is 1.97 bits per heavy atom. The molecule has 4 aliphatic rings. The van der Waals surface area contributed by atoms with E-state index in [1.807, 2.05) is 26.8 Å². The van der Waals surface area contributed by atoms with E-state index in [0.29, 0.717) is 29.6 Å². The molecule has 1 saturated heterocycles. The van der Waals surface area contributed by atoms with Crippen LogP contribution >= 0.6 is 11.6 Å². The van der Waals surface area contributed by atoms with Gasteiger partial charge in [0.2, 0.25) is 5.91 Å². The number of benzene rings is 1. The molecule has 35 heavy (non-hydrogen) atoms. The molecular weight excluding hydrogens is 469 g/mol. The van der Waals surface area contributed by atoms with E-state index < -0.39 is 30.2 Å². The van der Waals surface area contributed by atoms with E-state index in [9.17, 15) is 9.59 Å². The van der Waals surface area contributed by atoms with Crippen LogP contribution in [0.2, 0.25) is 0 Å². The molecule has 1 amide bonds. The quantitative estimate of drug-likeness (QED) is 0.340. The maximum Gasteiger partial charge on any atom is 0.482 e. The van der Waals surface area contributed by atoms with Crippen molar-refractivity contribution in [2.45, 2.75) is 84.1 Å². The molecule has 1 aliphatic heterocycles. The monoisotopic (exact) mass is 505 g/mol. The Morgan fingerprint density at radius 3 is 2.57 bits per heavy atom. The molecule has 1 heterocycles. The van der Waals surface area contributed by atoms with Gasteiger partial charge < -0.3 is 24.1 Å². The Kier molecular flexibility index (Phi) is 6.97. The van der Waals surface area contributed by atoms with E-state index >= 15 is 0 Å². The van der Waals surface area contributed by atoms with E-state index in [0.717, 1.165) is 18.4 Å². The van der Waals surface area contributed by atoms with Gasteiger partial charge in [0.1, 0.15) is 22.8 Å². The van der Waals surface area contributed by atoms with Crippen molar-refractivity contribution in [3.05, 3.63) is 29.3 Å². The number of para-hydroxylation sites is 1. The second-order valence-electron chi connectivity index (χ2n) is 11.8. The maximum absolute atomic E-state index is 12.8. The first kappa shape index (κ1) is 26.3. The Hall–Kier alpha value is -1.77. The van der Waals surface area contributed by atoms with Crippen LogP contribution in [0, 0.1) is 17.3 Å². The number of alkyl halides is 1. The molecule has 192 valence electrons. The van der Waals surface area contributed by atoms with E-state index in [-0.39, 0.29) is 23.3 Å². The number of esters is 1. The van der Waals surface area contributed by atoms with Crippen LogP contribution in [0.4, 0.5) is 0 Å². The maximum atomic E-state index is 12.8.